The van der Waals surface area contributed by atoms with E-state index in [2.05, 4.69) is 31.3 Å². The quantitative estimate of drug-likeness (QED) is 0.745. The van der Waals surface area contributed by atoms with Crippen LogP contribution >= 0.6 is 0 Å². The highest BCUT2D eigenvalue weighted by molar-refractivity contribution is 5.58. The van der Waals surface area contributed by atoms with Crippen LogP contribution in [-0.2, 0) is 0 Å². The fourth-order valence-corrected chi connectivity index (χ4v) is 2.53. The highest BCUT2D eigenvalue weighted by Gasteiger charge is 2.34. The first-order valence-electron chi connectivity index (χ1n) is 6.12. The van der Waals surface area contributed by atoms with Crippen LogP contribution in [0.25, 0.3) is 0 Å². The average Bonchev–Trinajstić information content (AvgIpc) is 2.52. The molecular weight excluding hydrogens is 196 g/mol. The third kappa shape index (κ3) is 2.16. The number of nitrogens with two attached hydrogens (primary N) is 1. The lowest BCUT2D eigenvalue weighted by Gasteiger charge is -2.29. The standard InChI is InChI=1S/C14H22N2/c1-10-6-7-11(9-12(10)15)16-13-5-4-8-14(13,2)3/h6-7,9,13,16H,4-5,8,15H2,1-3H3. The molecule has 2 heteroatoms. The van der Waals surface area contributed by atoms with Crippen molar-refractivity contribution in [1.82, 2.24) is 0 Å². The Balaban J connectivity index is 2.12. The van der Waals surface area contributed by atoms with Crippen LogP contribution in [0, 0.1) is 12.3 Å². The smallest absolute Gasteiger partial charge is 0.0364 e. The van der Waals surface area contributed by atoms with Crippen molar-refractivity contribution >= 4 is 11.4 Å². The van der Waals surface area contributed by atoms with E-state index in [1.54, 1.807) is 0 Å². The molecule has 0 saturated heterocycles. The fourth-order valence-electron chi connectivity index (χ4n) is 2.53. The van der Waals surface area contributed by atoms with E-state index in [-0.39, 0.29) is 0 Å². The van der Waals surface area contributed by atoms with E-state index in [0.717, 1.165) is 16.9 Å². The van der Waals surface area contributed by atoms with Crippen LogP contribution in [0.2, 0.25) is 0 Å². The maximum atomic E-state index is 5.92. The predicted molar refractivity (Wildman–Crippen MR) is 70.6 cm³/mol. The molecule has 1 aliphatic carbocycles. The lowest BCUT2D eigenvalue weighted by Crippen LogP contribution is -2.30. The second kappa shape index (κ2) is 4.00. The molecule has 1 aliphatic rings. The molecule has 1 unspecified atom stereocenters. The van der Waals surface area contributed by atoms with Gasteiger partial charge in [0.05, 0.1) is 0 Å². The van der Waals surface area contributed by atoms with Crippen LogP contribution in [0.4, 0.5) is 11.4 Å². The van der Waals surface area contributed by atoms with Gasteiger partial charge in [-0.2, -0.15) is 0 Å². The molecule has 3 N–H and O–H groups in total. The molecule has 0 heterocycles. The van der Waals surface area contributed by atoms with Crippen molar-refractivity contribution in [3.05, 3.63) is 23.8 Å². The molecule has 0 aliphatic heterocycles. The summed E-state index contributed by atoms with van der Waals surface area (Å²) in [4.78, 5) is 0. The SMILES string of the molecule is Cc1ccc(NC2CCCC2(C)C)cc1N. The lowest BCUT2D eigenvalue weighted by atomic mass is 9.87. The number of benzene rings is 1. The van der Waals surface area contributed by atoms with Crippen LogP contribution in [0.1, 0.15) is 38.7 Å². The molecule has 0 amide bonds. The summed E-state index contributed by atoms with van der Waals surface area (Å²) in [6.07, 6.45) is 3.90. The van der Waals surface area contributed by atoms with Crippen LogP contribution in [0.3, 0.4) is 0 Å². The van der Waals surface area contributed by atoms with Crippen LogP contribution in [0.5, 0.6) is 0 Å². The van der Waals surface area contributed by atoms with Crippen molar-refractivity contribution in [3.63, 3.8) is 0 Å². The minimum absolute atomic E-state index is 0.402. The summed E-state index contributed by atoms with van der Waals surface area (Å²) in [6.45, 7) is 6.73. The maximum Gasteiger partial charge on any atom is 0.0364 e. The number of hydrogen-bond donors (Lipinski definition) is 2. The second-order valence-corrected chi connectivity index (χ2v) is 5.65. The fraction of sp³-hybridized carbons (Fsp3) is 0.571. The summed E-state index contributed by atoms with van der Waals surface area (Å²) in [5.74, 6) is 0. The van der Waals surface area contributed by atoms with Crippen molar-refractivity contribution in [1.29, 1.82) is 0 Å². The molecule has 0 radical (unpaired) electrons. The number of nitrogen functional groups attached to an aromatic ring is 1. The van der Waals surface area contributed by atoms with Crippen molar-refractivity contribution in [2.75, 3.05) is 11.1 Å². The second-order valence-electron chi connectivity index (χ2n) is 5.65. The zero-order valence-electron chi connectivity index (χ0n) is 10.5. The average molecular weight is 218 g/mol. The summed E-state index contributed by atoms with van der Waals surface area (Å²) < 4.78 is 0. The van der Waals surface area contributed by atoms with Crippen molar-refractivity contribution in [2.24, 2.45) is 5.41 Å². The summed E-state index contributed by atoms with van der Waals surface area (Å²) >= 11 is 0. The predicted octanol–water partition coefficient (Wildman–Crippen LogP) is 3.57. The Morgan fingerprint density at radius 1 is 1.38 bits per heavy atom. The van der Waals surface area contributed by atoms with E-state index in [0.29, 0.717) is 11.5 Å². The number of rotatable bonds is 2. The molecule has 88 valence electrons. The van der Waals surface area contributed by atoms with Crippen molar-refractivity contribution < 1.29 is 0 Å². The van der Waals surface area contributed by atoms with Gasteiger partial charge in [0.2, 0.25) is 0 Å². The van der Waals surface area contributed by atoms with Gasteiger partial charge < -0.3 is 11.1 Å². The largest absolute Gasteiger partial charge is 0.398 e. The van der Waals surface area contributed by atoms with Gasteiger partial charge in [-0.3, -0.25) is 0 Å². The Hall–Kier alpha value is -1.18. The van der Waals surface area contributed by atoms with E-state index in [1.165, 1.54) is 19.3 Å². The molecule has 1 aromatic rings. The zero-order valence-corrected chi connectivity index (χ0v) is 10.5. The third-order valence-electron chi connectivity index (χ3n) is 3.88. The van der Waals surface area contributed by atoms with E-state index < -0.39 is 0 Å². The van der Waals surface area contributed by atoms with Crippen LogP contribution in [-0.4, -0.2) is 6.04 Å². The number of aryl methyl sites for hydroxylation is 1. The molecule has 2 rings (SSSR count). The van der Waals surface area contributed by atoms with Gasteiger partial charge in [0, 0.05) is 17.4 Å². The van der Waals surface area contributed by atoms with Gasteiger partial charge in [0.1, 0.15) is 0 Å². The highest BCUT2D eigenvalue weighted by atomic mass is 14.9. The maximum absolute atomic E-state index is 5.92. The highest BCUT2D eigenvalue weighted by Crippen LogP contribution is 2.39. The van der Waals surface area contributed by atoms with Gasteiger partial charge >= 0.3 is 0 Å². The first-order valence-corrected chi connectivity index (χ1v) is 6.12. The van der Waals surface area contributed by atoms with Crippen LogP contribution in [0.15, 0.2) is 18.2 Å². The number of hydrogen-bond acceptors (Lipinski definition) is 2. The van der Waals surface area contributed by atoms with Gasteiger partial charge in [-0.25, -0.2) is 0 Å². The Morgan fingerprint density at radius 2 is 2.12 bits per heavy atom. The molecule has 2 nitrogen and oxygen atoms in total. The van der Waals surface area contributed by atoms with Crippen LogP contribution < -0.4 is 11.1 Å². The molecule has 16 heavy (non-hydrogen) atoms. The number of anilines is 2. The first-order chi connectivity index (χ1) is 7.49. The topological polar surface area (TPSA) is 38.0 Å². The summed E-state index contributed by atoms with van der Waals surface area (Å²) in [5.41, 5.74) is 9.51. The zero-order chi connectivity index (χ0) is 11.8. The van der Waals surface area contributed by atoms with Crippen molar-refractivity contribution in [3.8, 4) is 0 Å². The minimum atomic E-state index is 0.402. The Bertz CT molecular complexity index is 382. The van der Waals surface area contributed by atoms with Gasteiger partial charge in [-0.05, 0) is 42.9 Å². The minimum Gasteiger partial charge on any atom is -0.398 e. The van der Waals surface area contributed by atoms with Gasteiger partial charge in [-0.15, -0.1) is 0 Å². The molecular formula is C14H22N2. The van der Waals surface area contributed by atoms with E-state index in [4.69, 9.17) is 5.73 Å². The van der Waals surface area contributed by atoms with Gasteiger partial charge in [-0.1, -0.05) is 26.3 Å². The summed E-state index contributed by atoms with van der Waals surface area (Å²) in [6, 6.07) is 6.83. The van der Waals surface area contributed by atoms with E-state index >= 15 is 0 Å². The molecule has 0 aromatic heterocycles. The molecule has 1 aromatic carbocycles. The normalized spacial score (nSPS) is 23.3. The van der Waals surface area contributed by atoms with Crippen molar-refractivity contribution in [2.45, 2.75) is 46.1 Å². The summed E-state index contributed by atoms with van der Waals surface area (Å²) in [5, 5.41) is 3.62. The number of nitrogens with one attached hydrogen (secondary N) is 1. The monoisotopic (exact) mass is 218 g/mol. The van der Waals surface area contributed by atoms with Gasteiger partial charge in [0.15, 0.2) is 0 Å². The Labute approximate surface area is 98.2 Å². The molecule has 0 bridgehead atoms. The molecule has 1 saturated carbocycles. The van der Waals surface area contributed by atoms with Gasteiger partial charge in [0.25, 0.3) is 0 Å². The summed E-state index contributed by atoms with van der Waals surface area (Å²) in [7, 11) is 0. The lowest BCUT2D eigenvalue weighted by molar-refractivity contribution is 0.350. The molecule has 1 atom stereocenters. The molecule has 1 fully saturated rings. The van der Waals surface area contributed by atoms with E-state index in [1.807, 2.05) is 13.0 Å². The van der Waals surface area contributed by atoms with E-state index in [9.17, 15) is 0 Å². The first kappa shape index (κ1) is 11.3. The molecule has 0 spiro atoms. The third-order valence-corrected chi connectivity index (χ3v) is 3.88. The Kier molecular flexibility index (Phi) is 2.83. The Morgan fingerprint density at radius 3 is 2.69 bits per heavy atom.